The lowest BCUT2D eigenvalue weighted by atomic mass is 10.2. The fourth-order valence-electron chi connectivity index (χ4n) is 2.65. The molecular formula is C20H19Cl2N3O2S. The first-order chi connectivity index (χ1) is 13.2. The van der Waals surface area contributed by atoms with E-state index in [1.807, 2.05) is 26.0 Å². The van der Waals surface area contributed by atoms with Crippen LogP contribution in [0.25, 0.3) is 0 Å². The van der Waals surface area contributed by atoms with Crippen molar-refractivity contribution in [1.29, 1.82) is 0 Å². The Labute approximate surface area is 178 Å². The summed E-state index contributed by atoms with van der Waals surface area (Å²) >= 11 is 13.4. The van der Waals surface area contributed by atoms with E-state index in [0.29, 0.717) is 26.6 Å². The molecule has 1 fully saturated rings. The molecule has 1 N–H and O–H groups in total. The van der Waals surface area contributed by atoms with Gasteiger partial charge < -0.3 is 5.32 Å². The van der Waals surface area contributed by atoms with Gasteiger partial charge in [0.2, 0.25) is 11.8 Å². The molecule has 2 amide bonds. The Morgan fingerprint density at radius 1 is 1.18 bits per heavy atom. The van der Waals surface area contributed by atoms with Gasteiger partial charge in [-0.2, -0.15) is 0 Å². The Morgan fingerprint density at radius 2 is 1.89 bits per heavy atom. The molecular weight excluding hydrogens is 417 g/mol. The molecule has 1 aliphatic heterocycles. The van der Waals surface area contributed by atoms with E-state index in [-0.39, 0.29) is 18.2 Å². The van der Waals surface area contributed by atoms with Crippen LogP contribution in [0.5, 0.6) is 0 Å². The summed E-state index contributed by atoms with van der Waals surface area (Å²) in [7, 11) is 1.66. The van der Waals surface area contributed by atoms with Gasteiger partial charge in [-0.25, -0.2) is 4.99 Å². The number of nitrogens with zero attached hydrogens (tertiary/aromatic N) is 2. The van der Waals surface area contributed by atoms with Crippen molar-refractivity contribution in [2.45, 2.75) is 25.5 Å². The van der Waals surface area contributed by atoms with Gasteiger partial charge in [0.05, 0.1) is 5.69 Å². The summed E-state index contributed by atoms with van der Waals surface area (Å²) in [5.74, 6) is -0.403. The molecule has 146 valence electrons. The lowest BCUT2D eigenvalue weighted by Crippen LogP contribution is -2.30. The average Bonchev–Trinajstić information content (AvgIpc) is 2.89. The van der Waals surface area contributed by atoms with Gasteiger partial charge in [-0.3, -0.25) is 14.5 Å². The molecule has 0 unspecified atom stereocenters. The van der Waals surface area contributed by atoms with Crippen LogP contribution in [0.1, 0.15) is 17.5 Å². The predicted octanol–water partition coefficient (Wildman–Crippen LogP) is 5.20. The van der Waals surface area contributed by atoms with Crippen molar-refractivity contribution in [1.82, 2.24) is 4.90 Å². The quantitative estimate of drug-likeness (QED) is 0.717. The lowest BCUT2D eigenvalue weighted by molar-refractivity contribution is -0.127. The molecule has 8 heteroatoms. The van der Waals surface area contributed by atoms with Crippen molar-refractivity contribution in [2.75, 3.05) is 12.4 Å². The van der Waals surface area contributed by atoms with Gasteiger partial charge in [-0.05, 0) is 49.2 Å². The maximum absolute atomic E-state index is 12.5. The number of carbonyl (C=O) groups excluding carboxylic acids is 2. The number of benzene rings is 2. The highest BCUT2D eigenvalue weighted by molar-refractivity contribution is 8.15. The number of anilines is 1. The summed E-state index contributed by atoms with van der Waals surface area (Å²) in [5.41, 5.74) is 3.19. The van der Waals surface area contributed by atoms with Crippen LogP contribution in [0.2, 0.25) is 10.0 Å². The van der Waals surface area contributed by atoms with Crippen molar-refractivity contribution in [3.05, 3.63) is 57.6 Å². The molecule has 1 heterocycles. The zero-order valence-corrected chi connectivity index (χ0v) is 18.0. The van der Waals surface area contributed by atoms with Crippen molar-refractivity contribution in [3.63, 3.8) is 0 Å². The van der Waals surface area contributed by atoms with Gasteiger partial charge in [0.25, 0.3) is 0 Å². The summed E-state index contributed by atoms with van der Waals surface area (Å²) in [6.45, 7) is 3.81. The minimum Gasteiger partial charge on any atom is -0.326 e. The number of thioether (sulfide) groups is 1. The molecule has 1 atom stereocenters. The van der Waals surface area contributed by atoms with Crippen LogP contribution in [0.3, 0.4) is 0 Å². The zero-order chi connectivity index (χ0) is 20.4. The summed E-state index contributed by atoms with van der Waals surface area (Å²) in [4.78, 5) is 31.0. The van der Waals surface area contributed by atoms with E-state index in [2.05, 4.69) is 10.3 Å². The molecule has 3 rings (SSSR count). The van der Waals surface area contributed by atoms with E-state index < -0.39 is 5.25 Å². The Kier molecular flexibility index (Phi) is 6.33. The van der Waals surface area contributed by atoms with Gasteiger partial charge in [0.15, 0.2) is 5.17 Å². The van der Waals surface area contributed by atoms with E-state index in [1.165, 1.54) is 16.7 Å². The fraction of sp³-hybridized carbons (Fsp3) is 0.250. The molecule has 1 aliphatic rings. The smallest absolute Gasteiger partial charge is 0.242 e. The number of carbonyl (C=O) groups is 2. The van der Waals surface area contributed by atoms with Crippen LogP contribution < -0.4 is 5.32 Å². The van der Waals surface area contributed by atoms with Crippen molar-refractivity contribution in [3.8, 4) is 0 Å². The number of aliphatic imine (C=N–C) groups is 1. The molecule has 0 aromatic heterocycles. The second-order valence-electron chi connectivity index (χ2n) is 6.55. The number of amides is 2. The SMILES string of the molecule is Cc1ccc(NC(=O)C[C@@H]2SC(=Nc3cc(Cl)ccc3C)N(C)C2=O)cc1Cl. The van der Waals surface area contributed by atoms with E-state index in [9.17, 15) is 9.59 Å². The molecule has 0 bridgehead atoms. The van der Waals surface area contributed by atoms with Crippen molar-refractivity contribution >= 4 is 63.3 Å². The van der Waals surface area contributed by atoms with Crippen LogP contribution in [0.4, 0.5) is 11.4 Å². The molecule has 0 saturated carbocycles. The summed E-state index contributed by atoms with van der Waals surface area (Å²) in [5, 5.41) is 3.97. The standard InChI is InChI=1S/C20H19Cl2N3O2S/c1-11-5-7-14(9-15(11)22)23-18(26)10-17-19(27)25(3)20(28-17)24-16-8-13(21)6-4-12(16)2/h4-9,17H,10H2,1-3H3,(H,23,26)/t17-/m0/s1. The van der Waals surface area contributed by atoms with Crippen molar-refractivity contribution in [2.24, 2.45) is 4.99 Å². The van der Waals surface area contributed by atoms with E-state index in [0.717, 1.165) is 11.1 Å². The predicted molar refractivity (Wildman–Crippen MR) is 117 cm³/mol. The third kappa shape index (κ3) is 4.69. The third-order valence-corrected chi connectivity index (χ3v) is 6.23. The van der Waals surface area contributed by atoms with Gasteiger partial charge in [0.1, 0.15) is 5.25 Å². The maximum Gasteiger partial charge on any atom is 0.242 e. The van der Waals surface area contributed by atoms with Crippen LogP contribution in [-0.2, 0) is 9.59 Å². The number of amidine groups is 1. The Balaban J connectivity index is 1.70. The first-order valence-corrected chi connectivity index (χ1v) is 10.2. The molecule has 2 aromatic carbocycles. The lowest BCUT2D eigenvalue weighted by Gasteiger charge is -2.10. The summed E-state index contributed by atoms with van der Waals surface area (Å²) < 4.78 is 0. The van der Waals surface area contributed by atoms with Crippen LogP contribution in [-0.4, -0.2) is 34.2 Å². The molecule has 0 aliphatic carbocycles. The van der Waals surface area contributed by atoms with Gasteiger partial charge in [0, 0.05) is 29.2 Å². The molecule has 28 heavy (non-hydrogen) atoms. The van der Waals surface area contributed by atoms with Gasteiger partial charge in [-0.15, -0.1) is 0 Å². The number of nitrogens with one attached hydrogen (secondary N) is 1. The van der Waals surface area contributed by atoms with Crippen LogP contribution >= 0.6 is 35.0 Å². The zero-order valence-electron chi connectivity index (χ0n) is 15.6. The molecule has 1 saturated heterocycles. The van der Waals surface area contributed by atoms with Gasteiger partial charge in [-0.1, -0.05) is 47.1 Å². The highest BCUT2D eigenvalue weighted by Gasteiger charge is 2.37. The minimum atomic E-state index is -0.524. The third-order valence-electron chi connectivity index (χ3n) is 4.35. The van der Waals surface area contributed by atoms with Crippen molar-refractivity contribution < 1.29 is 9.59 Å². The van der Waals surface area contributed by atoms with Crippen LogP contribution in [0, 0.1) is 13.8 Å². The molecule has 0 spiro atoms. The number of rotatable bonds is 4. The summed E-state index contributed by atoms with van der Waals surface area (Å²) in [6, 6.07) is 10.7. The topological polar surface area (TPSA) is 61.8 Å². The average molecular weight is 436 g/mol. The van der Waals surface area contributed by atoms with Gasteiger partial charge >= 0.3 is 0 Å². The Bertz CT molecular complexity index is 978. The maximum atomic E-state index is 12.5. The first kappa shape index (κ1) is 20.7. The van der Waals surface area contributed by atoms with E-state index >= 15 is 0 Å². The second kappa shape index (κ2) is 8.55. The number of hydrogen-bond acceptors (Lipinski definition) is 4. The normalized spacial score (nSPS) is 18.0. The largest absolute Gasteiger partial charge is 0.326 e. The summed E-state index contributed by atoms with van der Waals surface area (Å²) in [6.07, 6.45) is 0.0485. The van der Waals surface area contributed by atoms with E-state index in [1.54, 1.807) is 31.3 Å². The number of halogens is 2. The highest BCUT2D eigenvalue weighted by atomic mass is 35.5. The van der Waals surface area contributed by atoms with Crippen LogP contribution in [0.15, 0.2) is 41.4 Å². The van der Waals surface area contributed by atoms with E-state index in [4.69, 9.17) is 23.2 Å². The minimum absolute atomic E-state index is 0.0485. The monoisotopic (exact) mass is 435 g/mol. The number of hydrogen-bond donors (Lipinski definition) is 1. The Hall–Kier alpha value is -2.02. The first-order valence-electron chi connectivity index (χ1n) is 8.59. The molecule has 5 nitrogen and oxygen atoms in total. The molecule has 2 aromatic rings. The number of aryl methyl sites for hydroxylation is 2. The second-order valence-corrected chi connectivity index (χ2v) is 8.56. The highest BCUT2D eigenvalue weighted by Crippen LogP contribution is 2.32. The Morgan fingerprint density at radius 3 is 2.61 bits per heavy atom. The fourth-order valence-corrected chi connectivity index (χ4v) is 4.15. The molecule has 0 radical (unpaired) electrons.